The van der Waals surface area contributed by atoms with Crippen molar-refractivity contribution < 1.29 is 22.8 Å². The molecule has 0 aromatic heterocycles. The number of para-hydroxylation sites is 1. The average Bonchev–Trinajstić information content (AvgIpc) is 3.45. The summed E-state index contributed by atoms with van der Waals surface area (Å²) in [5, 5.41) is 11.2. The molecule has 2 aromatic carbocycles. The number of nitro benzene ring substituents is 1. The third-order valence-corrected chi connectivity index (χ3v) is 6.71. The number of hydrogen-bond acceptors (Lipinski definition) is 6. The van der Waals surface area contributed by atoms with E-state index in [0.717, 1.165) is 5.56 Å². The normalized spacial score (nSPS) is 25.6. The molecular weight excluding hydrogens is 384 g/mol. The maximum atomic E-state index is 13.0. The predicted octanol–water partition coefficient (Wildman–Crippen LogP) is 2.47. The van der Waals surface area contributed by atoms with E-state index in [1.807, 2.05) is 30.3 Å². The van der Waals surface area contributed by atoms with Crippen LogP contribution in [-0.4, -0.2) is 42.4 Å². The highest BCUT2D eigenvalue weighted by atomic mass is 32.2. The first-order valence-corrected chi connectivity index (χ1v) is 10.1. The van der Waals surface area contributed by atoms with Crippen molar-refractivity contribution in [2.75, 3.05) is 6.61 Å². The van der Waals surface area contributed by atoms with Gasteiger partial charge >= 0.3 is 0 Å². The van der Waals surface area contributed by atoms with Crippen LogP contribution in [0, 0.1) is 10.1 Å². The molecule has 0 amide bonds. The molecule has 0 N–H and O–H groups in total. The van der Waals surface area contributed by atoms with Crippen molar-refractivity contribution >= 4 is 15.7 Å². The Morgan fingerprint density at radius 2 is 1.82 bits per heavy atom. The highest BCUT2D eigenvalue weighted by Crippen LogP contribution is 2.43. The molecule has 0 radical (unpaired) electrons. The fourth-order valence-corrected chi connectivity index (χ4v) is 5.33. The molecule has 28 heavy (non-hydrogen) atoms. The van der Waals surface area contributed by atoms with Gasteiger partial charge in [0.2, 0.25) is 0 Å². The molecule has 2 aliphatic heterocycles. The molecule has 1 unspecified atom stereocenters. The predicted molar refractivity (Wildman–Crippen MR) is 99.8 cm³/mol. The van der Waals surface area contributed by atoms with Crippen molar-refractivity contribution in [3.8, 4) is 0 Å². The lowest BCUT2D eigenvalue weighted by Crippen LogP contribution is -2.30. The number of nitro groups is 1. The van der Waals surface area contributed by atoms with Crippen LogP contribution in [0.3, 0.4) is 0 Å². The van der Waals surface area contributed by atoms with E-state index in [0.29, 0.717) is 6.61 Å². The SMILES string of the molecule is O=[N+]([O-])c1ccccc1S(=O)(=O)N1[C@@H]2[C@@H](COCc3ccccc3)OC=C[C@@H]21. The Balaban J connectivity index is 1.48. The number of nitrogens with zero attached hydrogens (tertiary/aromatic N) is 2. The summed E-state index contributed by atoms with van der Waals surface area (Å²) in [7, 11) is -4.03. The Morgan fingerprint density at radius 1 is 1.11 bits per heavy atom. The summed E-state index contributed by atoms with van der Waals surface area (Å²) < 4.78 is 38.5. The summed E-state index contributed by atoms with van der Waals surface area (Å²) >= 11 is 0. The highest BCUT2D eigenvalue weighted by Gasteiger charge is 2.60. The van der Waals surface area contributed by atoms with Crippen LogP contribution in [0.4, 0.5) is 5.69 Å². The van der Waals surface area contributed by atoms with Gasteiger partial charge in [0.25, 0.3) is 15.7 Å². The average molecular weight is 402 g/mol. The molecule has 0 spiro atoms. The van der Waals surface area contributed by atoms with E-state index in [4.69, 9.17) is 9.47 Å². The Morgan fingerprint density at radius 3 is 2.57 bits per heavy atom. The van der Waals surface area contributed by atoms with E-state index in [9.17, 15) is 18.5 Å². The summed E-state index contributed by atoms with van der Waals surface area (Å²) in [5.74, 6) is 0. The molecule has 146 valence electrons. The number of hydrogen-bond donors (Lipinski definition) is 0. The fourth-order valence-electron chi connectivity index (χ4n) is 3.40. The standard InChI is InChI=1S/C19H18N2O6S/c22-21(23)15-8-4-5-9-18(15)28(24,25)20-16-10-11-27-17(19(16)20)13-26-12-14-6-2-1-3-7-14/h1-11,16-17,19H,12-13H2/t16-,17+,19-,20?/m0/s1. The first-order valence-electron chi connectivity index (χ1n) is 8.71. The van der Waals surface area contributed by atoms with Gasteiger partial charge in [-0.2, -0.15) is 4.31 Å². The lowest BCUT2D eigenvalue weighted by atomic mass is 10.2. The molecule has 4 atom stereocenters. The third kappa shape index (κ3) is 3.39. The molecule has 8 nitrogen and oxygen atoms in total. The van der Waals surface area contributed by atoms with E-state index >= 15 is 0 Å². The van der Waals surface area contributed by atoms with Gasteiger partial charge in [-0.3, -0.25) is 10.1 Å². The highest BCUT2D eigenvalue weighted by molar-refractivity contribution is 7.89. The number of fused-ring (bicyclic) bond motifs is 1. The molecule has 0 aliphatic carbocycles. The molecule has 4 rings (SSSR count). The van der Waals surface area contributed by atoms with Crippen LogP contribution < -0.4 is 0 Å². The van der Waals surface area contributed by atoms with E-state index in [1.165, 1.54) is 34.8 Å². The molecule has 0 bridgehead atoms. The van der Waals surface area contributed by atoms with E-state index in [2.05, 4.69) is 0 Å². The number of ether oxygens (including phenoxy) is 2. The zero-order valence-electron chi connectivity index (χ0n) is 14.7. The van der Waals surface area contributed by atoms with Crippen molar-refractivity contribution in [3.63, 3.8) is 0 Å². The summed E-state index contributed by atoms with van der Waals surface area (Å²) in [5.41, 5.74) is 0.568. The number of rotatable bonds is 7. The van der Waals surface area contributed by atoms with Gasteiger partial charge in [0, 0.05) is 6.07 Å². The van der Waals surface area contributed by atoms with Crippen molar-refractivity contribution in [3.05, 3.63) is 82.6 Å². The lowest BCUT2D eigenvalue weighted by molar-refractivity contribution is -0.387. The lowest BCUT2D eigenvalue weighted by Gasteiger charge is -2.18. The maximum Gasteiger partial charge on any atom is 0.289 e. The zero-order valence-corrected chi connectivity index (χ0v) is 15.6. The first-order chi connectivity index (χ1) is 13.5. The first kappa shape index (κ1) is 18.6. The van der Waals surface area contributed by atoms with Gasteiger partial charge in [-0.25, -0.2) is 8.42 Å². The van der Waals surface area contributed by atoms with Crippen LogP contribution in [-0.2, 0) is 26.1 Å². The minimum absolute atomic E-state index is 0.212. The minimum Gasteiger partial charge on any atom is -0.494 e. The van der Waals surface area contributed by atoms with Crippen molar-refractivity contribution in [2.24, 2.45) is 0 Å². The van der Waals surface area contributed by atoms with Gasteiger partial charge in [-0.1, -0.05) is 42.5 Å². The van der Waals surface area contributed by atoms with Gasteiger partial charge in [-0.15, -0.1) is 0 Å². The van der Waals surface area contributed by atoms with Crippen LogP contribution in [0.5, 0.6) is 0 Å². The molecule has 2 aliphatic rings. The second-order valence-electron chi connectivity index (χ2n) is 6.54. The van der Waals surface area contributed by atoms with Crippen LogP contribution in [0.25, 0.3) is 0 Å². The van der Waals surface area contributed by atoms with Crippen molar-refractivity contribution in [1.29, 1.82) is 0 Å². The van der Waals surface area contributed by atoms with Gasteiger partial charge < -0.3 is 9.47 Å². The monoisotopic (exact) mass is 402 g/mol. The summed E-state index contributed by atoms with van der Waals surface area (Å²) in [6.45, 7) is 0.599. The molecule has 0 saturated carbocycles. The van der Waals surface area contributed by atoms with Gasteiger partial charge in [0.15, 0.2) is 4.90 Å². The Hall–Kier alpha value is -2.75. The van der Waals surface area contributed by atoms with E-state index in [1.54, 1.807) is 6.08 Å². The molecule has 1 saturated heterocycles. The molecule has 2 aromatic rings. The smallest absolute Gasteiger partial charge is 0.289 e. The second-order valence-corrected chi connectivity index (χ2v) is 8.36. The summed E-state index contributed by atoms with van der Waals surface area (Å²) in [6, 6.07) is 14.1. The topological polar surface area (TPSA) is 98.8 Å². The van der Waals surface area contributed by atoms with Crippen LogP contribution >= 0.6 is 0 Å². The molecule has 2 heterocycles. The van der Waals surface area contributed by atoms with Crippen LogP contribution in [0.15, 0.2) is 71.8 Å². The zero-order chi connectivity index (χ0) is 19.7. The van der Waals surface area contributed by atoms with Crippen molar-refractivity contribution in [2.45, 2.75) is 29.7 Å². The summed E-state index contributed by atoms with van der Waals surface area (Å²) in [4.78, 5) is 10.2. The summed E-state index contributed by atoms with van der Waals surface area (Å²) in [6.07, 6.45) is 2.63. The second kappa shape index (κ2) is 7.34. The maximum absolute atomic E-state index is 13.0. The molecule has 1 fully saturated rings. The van der Waals surface area contributed by atoms with E-state index < -0.39 is 32.8 Å². The van der Waals surface area contributed by atoms with Gasteiger partial charge in [0.1, 0.15) is 6.10 Å². The van der Waals surface area contributed by atoms with Crippen LogP contribution in [0.2, 0.25) is 0 Å². The molecule has 9 heteroatoms. The molecular formula is C19H18N2O6S. The third-order valence-electron chi connectivity index (χ3n) is 4.77. The largest absolute Gasteiger partial charge is 0.494 e. The van der Waals surface area contributed by atoms with Crippen LogP contribution in [0.1, 0.15) is 5.56 Å². The minimum atomic E-state index is -4.03. The quantitative estimate of drug-likeness (QED) is 0.401. The number of benzene rings is 2. The van der Waals surface area contributed by atoms with E-state index in [-0.39, 0.29) is 17.5 Å². The van der Waals surface area contributed by atoms with Gasteiger partial charge in [0.05, 0.1) is 36.5 Å². The van der Waals surface area contributed by atoms with Crippen molar-refractivity contribution in [1.82, 2.24) is 4.31 Å². The Kier molecular flexibility index (Phi) is 4.88. The Bertz CT molecular complexity index is 1010. The Labute approximate surface area is 162 Å². The fraction of sp³-hybridized carbons (Fsp3) is 0.263. The number of sulfonamides is 1. The van der Waals surface area contributed by atoms with Gasteiger partial charge in [-0.05, 0) is 17.7 Å².